The van der Waals surface area contributed by atoms with Crippen molar-refractivity contribution in [3.8, 4) is 0 Å². The lowest BCUT2D eigenvalue weighted by atomic mass is 10.1. The van der Waals surface area contributed by atoms with Crippen molar-refractivity contribution < 1.29 is 14.6 Å². The minimum absolute atomic E-state index is 0.296. The molecular formula is C22H34O3. The molecule has 0 aromatic heterocycles. The van der Waals surface area contributed by atoms with Crippen LogP contribution < -0.4 is 0 Å². The van der Waals surface area contributed by atoms with Gasteiger partial charge in [0.15, 0.2) is 0 Å². The van der Waals surface area contributed by atoms with Gasteiger partial charge in [0.1, 0.15) is 0 Å². The number of rotatable bonds is 15. The lowest BCUT2D eigenvalue weighted by Crippen LogP contribution is -1.93. The molecule has 1 aliphatic heterocycles. The molecule has 0 saturated carbocycles. The lowest BCUT2D eigenvalue weighted by molar-refractivity contribution is -0.137. The molecular weight excluding hydrogens is 312 g/mol. The third-order valence-electron chi connectivity index (χ3n) is 4.20. The van der Waals surface area contributed by atoms with Crippen LogP contribution in [-0.4, -0.2) is 23.3 Å². The molecule has 0 amide bonds. The van der Waals surface area contributed by atoms with Crippen LogP contribution in [0.1, 0.15) is 71.1 Å². The van der Waals surface area contributed by atoms with E-state index in [1.807, 2.05) is 0 Å². The Hall–Kier alpha value is -1.61. The van der Waals surface area contributed by atoms with Crippen LogP contribution in [0.5, 0.6) is 0 Å². The SMILES string of the molecule is CC[C@H]1O[C@H]1CC=CCC=CCC=CCC=CCCCCCC(=O)O. The van der Waals surface area contributed by atoms with Crippen molar-refractivity contribution >= 4 is 5.97 Å². The minimum Gasteiger partial charge on any atom is -0.481 e. The van der Waals surface area contributed by atoms with Gasteiger partial charge < -0.3 is 9.84 Å². The molecule has 25 heavy (non-hydrogen) atoms. The Morgan fingerprint density at radius 2 is 1.44 bits per heavy atom. The van der Waals surface area contributed by atoms with Gasteiger partial charge in [0, 0.05) is 6.42 Å². The van der Waals surface area contributed by atoms with E-state index < -0.39 is 5.97 Å². The van der Waals surface area contributed by atoms with E-state index in [-0.39, 0.29) is 0 Å². The van der Waals surface area contributed by atoms with Gasteiger partial charge in [-0.3, -0.25) is 4.79 Å². The van der Waals surface area contributed by atoms with Crippen LogP contribution in [0.3, 0.4) is 0 Å². The van der Waals surface area contributed by atoms with E-state index in [1.165, 1.54) is 0 Å². The summed E-state index contributed by atoms with van der Waals surface area (Å²) in [4.78, 5) is 10.4. The fourth-order valence-electron chi connectivity index (χ4n) is 2.62. The molecule has 1 aliphatic rings. The van der Waals surface area contributed by atoms with Gasteiger partial charge in [-0.2, -0.15) is 0 Å². The van der Waals surface area contributed by atoms with Crippen molar-refractivity contribution in [2.75, 3.05) is 0 Å². The summed E-state index contributed by atoms with van der Waals surface area (Å²) in [5.41, 5.74) is 0. The predicted molar refractivity (Wildman–Crippen MR) is 105 cm³/mol. The van der Waals surface area contributed by atoms with Gasteiger partial charge in [-0.25, -0.2) is 0 Å². The molecule has 1 saturated heterocycles. The molecule has 3 heteroatoms. The molecule has 0 aromatic carbocycles. The molecule has 3 nitrogen and oxygen atoms in total. The molecule has 140 valence electrons. The summed E-state index contributed by atoms with van der Waals surface area (Å²) in [6, 6.07) is 0. The van der Waals surface area contributed by atoms with E-state index >= 15 is 0 Å². The van der Waals surface area contributed by atoms with Crippen molar-refractivity contribution in [3.63, 3.8) is 0 Å². The first-order chi connectivity index (χ1) is 12.2. The Bertz CT molecular complexity index is 460. The maximum atomic E-state index is 10.4. The number of allylic oxidation sites excluding steroid dienone is 7. The van der Waals surface area contributed by atoms with E-state index in [0.717, 1.165) is 57.8 Å². The van der Waals surface area contributed by atoms with Gasteiger partial charge in [0.25, 0.3) is 0 Å². The van der Waals surface area contributed by atoms with Crippen LogP contribution in [0, 0.1) is 0 Å². The molecule has 1 N–H and O–H groups in total. The highest BCUT2D eigenvalue weighted by molar-refractivity contribution is 5.66. The summed E-state index contributed by atoms with van der Waals surface area (Å²) in [7, 11) is 0. The van der Waals surface area contributed by atoms with Crippen molar-refractivity contribution in [3.05, 3.63) is 48.6 Å². The summed E-state index contributed by atoms with van der Waals surface area (Å²) in [5.74, 6) is -0.691. The highest BCUT2D eigenvalue weighted by Gasteiger charge is 2.35. The van der Waals surface area contributed by atoms with Gasteiger partial charge in [0.2, 0.25) is 0 Å². The van der Waals surface area contributed by atoms with Gasteiger partial charge in [-0.05, 0) is 51.4 Å². The predicted octanol–water partition coefficient (Wildman–Crippen LogP) is 5.98. The van der Waals surface area contributed by atoms with E-state index in [0.29, 0.717) is 18.6 Å². The molecule has 0 aromatic rings. The Balaban J connectivity index is 1.86. The zero-order valence-corrected chi connectivity index (χ0v) is 15.6. The van der Waals surface area contributed by atoms with Crippen molar-refractivity contribution in [1.29, 1.82) is 0 Å². The number of carboxylic acids is 1. The maximum Gasteiger partial charge on any atom is 0.303 e. The van der Waals surface area contributed by atoms with E-state index in [9.17, 15) is 4.79 Å². The Labute approximate surface area is 153 Å². The fourth-order valence-corrected chi connectivity index (χ4v) is 2.62. The number of hydrogen-bond donors (Lipinski definition) is 1. The van der Waals surface area contributed by atoms with E-state index in [2.05, 4.69) is 55.5 Å². The Morgan fingerprint density at radius 3 is 2.00 bits per heavy atom. The standard InChI is InChI=1S/C22H34O3/c1-2-20-21(25-20)18-16-14-12-10-8-6-4-3-5-7-9-11-13-15-17-19-22(23)24/h3-4,7-10,14,16,20-21H,2,5-6,11-13,15,17-19H2,1H3,(H,23,24)/t20-,21+/m1/s1. The smallest absolute Gasteiger partial charge is 0.303 e. The highest BCUT2D eigenvalue weighted by atomic mass is 16.6. The van der Waals surface area contributed by atoms with Crippen LogP contribution in [0.2, 0.25) is 0 Å². The molecule has 0 unspecified atom stereocenters. The van der Waals surface area contributed by atoms with Crippen molar-refractivity contribution in [2.24, 2.45) is 0 Å². The zero-order chi connectivity index (χ0) is 18.2. The van der Waals surface area contributed by atoms with Crippen LogP contribution >= 0.6 is 0 Å². The first-order valence-electron chi connectivity index (χ1n) is 9.71. The van der Waals surface area contributed by atoms with Crippen LogP contribution in [0.4, 0.5) is 0 Å². The van der Waals surface area contributed by atoms with Crippen LogP contribution in [0.15, 0.2) is 48.6 Å². The third kappa shape index (κ3) is 13.4. The molecule has 0 spiro atoms. The largest absolute Gasteiger partial charge is 0.481 e. The summed E-state index contributed by atoms with van der Waals surface area (Å²) in [6.45, 7) is 2.17. The monoisotopic (exact) mass is 346 g/mol. The van der Waals surface area contributed by atoms with Crippen molar-refractivity contribution in [1.82, 2.24) is 0 Å². The highest BCUT2D eigenvalue weighted by Crippen LogP contribution is 2.28. The second-order valence-corrected chi connectivity index (χ2v) is 6.44. The number of hydrogen-bond acceptors (Lipinski definition) is 2. The number of unbranched alkanes of at least 4 members (excludes halogenated alkanes) is 3. The summed E-state index contributed by atoms with van der Waals surface area (Å²) in [5, 5.41) is 8.53. The molecule has 1 heterocycles. The first kappa shape index (κ1) is 21.4. The second kappa shape index (κ2) is 14.7. The molecule has 2 atom stereocenters. The fraction of sp³-hybridized carbons (Fsp3) is 0.591. The number of aliphatic carboxylic acids is 1. The quantitative estimate of drug-likeness (QED) is 0.225. The van der Waals surface area contributed by atoms with E-state index in [1.54, 1.807) is 0 Å². The minimum atomic E-state index is -0.691. The molecule has 0 radical (unpaired) electrons. The molecule has 0 aliphatic carbocycles. The second-order valence-electron chi connectivity index (χ2n) is 6.44. The molecule has 0 bridgehead atoms. The van der Waals surface area contributed by atoms with Crippen molar-refractivity contribution in [2.45, 2.75) is 83.3 Å². The van der Waals surface area contributed by atoms with E-state index in [4.69, 9.17) is 9.84 Å². The average Bonchev–Trinajstić information content (AvgIpc) is 3.36. The van der Waals surface area contributed by atoms with Crippen LogP contribution in [0.25, 0.3) is 0 Å². The topological polar surface area (TPSA) is 49.8 Å². The molecule has 1 rings (SSSR count). The first-order valence-corrected chi connectivity index (χ1v) is 9.71. The number of carboxylic acid groups (broad SMARTS) is 1. The summed E-state index contributed by atoms with van der Waals surface area (Å²) < 4.78 is 5.49. The van der Waals surface area contributed by atoms with Gasteiger partial charge in [-0.1, -0.05) is 62.0 Å². The van der Waals surface area contributed by atoms with Crippen LogP contribution in [-0.2, 0) is 9.53 Å². The number of epoxide rings is 1. The number of carbonyl (C=O) groups is 1. The Morgan fingerprint density at radius 1 is 0.840 bits per heavy atom. The number of ether oxygens (including phenoxy) is 1. The third-order valence-corrected chi connectivity index (χ3v) is 4.20. The Kier molecular flexibility index (Phi) is 12.6. The molecule has 1 fully saturated rings. The zero-order valence-electron chi connectivity index (χ0n) is 15.6. The van der Waals surface area contributed by atoms with Gasteiger partial charge >= 0.3 is 5.97 Å². The summed E-state index contributed by atoms with van der Waals surface area (Å²) in [6.07, 6.45) is 28.0. The van der Waals surface area contributed by atoms with Gasteiger partial charge in [-0.15, -0.1) is 0 Å². The van der Waals surface area contributed by atoms with Gasteiger partial charge in [0.05, 0.1) is 12.2 Å². The summed E-state index contributed by atoms with van der Waals surface area (Å²) >= 11 is 0. The average molecular weight is 347 g/mol. The maximum absolute atomic E-state index is 10.4. The lowest BCUT2D eigenvalue weighted by Gasteiger charge is -1.94. The normalized spacial score (nSPS) is 20.5.